The van der Waals surface area contributed by atoms with Gasteiger partial charge < -0.3 is 5.32 Å². The van der Waals surface area contributed by atoms with Gasteiger partial charge in [-0.05, 0) is 44.0 Å². The van der Waals surface area contributed by atoms with E-state index in [0.29, 0.717) is 0 Å². The van der Waals surface area contributed by atoms with Crippen molar-refractivity contribution in [2.75, 3.05) is 11.9 Å². The lowest BCUT2D eigenvalue weighted by Gasteiger charge is -2.12. The summed E-state index contributed by atoms with van der Waals surface area (Å²) in [6, 6.07) is 6.31. The highest BCUT2D eigenvalue weighted by Gasteiger charge is 2.09. The molecule has 0 unspecified atom stereocenters. The smallest absolute Gasteiger partial charge is 0.207 e. The third-order valence-electron chi connectivity index (χ3n) is 3.06. The van der Waals surface area contributed by atoms with Crippen LogP contribution in [-0.4, -0.2) is 16.1 Å². The van der Waals surface area contributed by atoms with Gasteiger partial charge in [-0.2, -0.15) is 0 Å². The maximum absolute atomic E-state index is 4.56. The number of imidazole rings is 1. The average molecular weight is 322 g/mol. The molecule has 2 rings (SSSR count). The molecule has 0 aliphatic rings. The summed E-state index contributed by atoms with van der Waals surface area (Å²) >= 11 is 3.50. The molecule has 0 amide bonds. The second-order valence-electron chi connectivity index (χ2n) is 4.79. The Labute approximate surface area is 123 Å². The fourth-order valence-corrected chi connectivity index (χ4v) is 2.55. The van der Waals surface area contributed by atoms with Crippen LogP contribution in [0.1, 0.15) is 31.0 Å². The molecule has 0 saturated heterocycles. The van der Waals surface area contributed by atoms with Gasteiger partial charge in [0.1, 0.15) is 0 Å². The molecule has 4 heteroatoms. The molecule has 19 heavy (non-hydrogen) atoms. The van der Waals surface area contributed by atoms with Crippen molar-refractivity contribution >= 4 is 21.9 Å². The minimum absolute atomic E-state index is 0.927. The second-order valence-corrected chi connectivity index (χ2v) is 5.70. The van der Waals surface area contributed by atoms with Gasteiger partial charge in [0.2, 0.25) is 5.95 Å². The number of aromatic nitrogens is 2. The first-order valence-corrected chi connectivity index (χ1v) is 7.47. The van der Waals surface area contributed by atoms with Crippen molar-refractivity contribution in [3.63, 3.8) is 0 Å². The van der Waals surface area contributed by atoms with Crippen LogP contribution in [0.25, 0.3) is 5.69 Å². The van der Waals surface area contributed by atoms with E-state index in [4.69, 9.17) is 0 Å². The zero-order valence-corrected chi connectivity index (χ0v) is 13.3. The molecule has 2 aromatic rings. The minimum Gasteiger partial charge on any atom is -0.355 e. The van der Waals surface area contributed by atoms with Crippen molar-refractivity contribution in [2.45, 2.75) is 33.6 Å². The van der Waals surface area contributed by atoms with E-state index in [-0.39, 0.29) is 0 Å². The molecule has 1 N–H and O–H groups in total. The molecule has 3 nitrogen and oxygen atoms in total. The summed E-state index contributed by atoms with van der Waals surface area (Å²) in [4.78, 5) is 4.56. The molecule has 0 fully saturated rings. The minimum atomic E-state index is 0.927. The van der Waals surface area contributed by atoms with Gasteiger partial charge in [0, 0.05) is 17.2 Å². The molecule has 0 aliphatic carbocycles. The highest BCUT2D eigenvalue weighted by Crippen LogP contribution is 2.23. The van der Waals surface area contributed by atoms with Gasteiger partial charge in [0.05, 0.1) is 11.4 Å². The lowest BCUT2D eigenvalue weighted by molar-refractivity contribution is 0.822. The number of nitrogens with one attached hydrogen (secondary N) is 1. The predicted octanol–water partition coefficient (Wildman–Crippen LogP) is 4.46. The Balaban J connectivity index is 2.32. The molecule has 0 spiro atoms. The molecule has 0 aliphatic heterocycles. The van der Waals surface area contributed by atoms with Crippen LogP contribution in [0.3, 0.4) is 0 Å². The normalized spacial score (nSPS) is 10.7. The highest BCUT2D eigenvalue weighted by molar-refractivity contribution is 9.10. The van der Waals surface area contributed by atoms with E-state index in [1.54, 1.807) is 0 Å². The number of hydrogen-bond acceptors (Lipinski definition) is 2. The van der Waals surface area contributed by atoms with Crippen molar-refractivity contribution < 1.29 is 0 Å². The second kappa shape index (κ2) is 6.24. The molecular weight excluding hydrogens is 302 g/mol. The van der Waals surface area contributed by atoms with Gasteiger partial charge in [-0.3, -0.25) is 4.57 Å². The summed E-state index contributed by atoms with van der Waals surface area (Å²) in [7, 11) is 0. The van der Waals surface area contributed by atoms with E-state index < -0.39 is 0 Å². The van der Waals surface area contributed by atoms with Crippen molar-refractivity contribution in [1.82, 2.24) is 9.55 Å². The van der Waals surface area contributed by atoms with Crippen LogP contribution in [0, 0.1) is 13.8 Å². The van der Waals surface area contributed by atoms with Crippen LogP contribution in [0.4, 0.5) is 5.95 Å². The zero-order valence-electron chi connectivity index (χ0n) is 11.7. The number of halogens is 1. The van der Waals surface area contributed by atoms with Crippen LogP contribution < -0.4 is 5.32 Å². The van der Waals surface area contributed by atoms with Crippen molar-refractivity contribution in [1.29, 1.82) is 0 Å². The summed E-state index contributed by atoms with van der Waals surface area (Å²) in [6.45, 7) is 7.29. The number of unbranched alkanes of at least 4 members (excludes halogenated alkanes) is 1. The van der Waals surface area contributed by atoms with Gasteiger partial charge in [0.15, 0.2) is 0 Å². The largest absolute Gasteiger partial charge is 0.355 e. The molecule has 0 bridgehead atoms. The standard InChI is InChI=1S/C15H20BrN3/c1-4-5-8-17-15-18-12(3)10-19(15)14-7-6-13(16)9-11(14)2/h6-7,9-10H,4-5,8H2,1-3H3,(H,17,18). The zero-order chi connectivity index (χ0) is 13.8. The highest BCUT2D eigenvalue weighted by atomic mass is 79.9. The topological polar surface area (TPSA) is 29.9 Å². The lowest BCUT2D eigenvalue weighted by atomic mass is 10.2. The summed E-state index contributed by atoms with van der Waals surface area (Å²) in [5, 5.41) is 3.42. The van der Waals surface area contributed by atoms with E-state index in [1.165, 1.54) is 17.7 Å². The molecule has 102 valence electrons. The Morgan fingerprint density at radius 2 is 2.11 bits per heavy atom. The number of anilines is 1. The average Bonchev–Trinajstić information content (AvgIpc) is 2.71. The quantitative estimate of drug-likeness (QED) is 0.824. The van der Waals surface area contributed by atoms with E-state index >= 15 is 0 Å². The van der Waals surface area contributed by atoms with E-state index in [0.717, 1.165) is 29.1 Å². The molecule has 0 atom stereocenters. The molecule has 0 radical (unpaired) electrons. The summed E-state index contributed by atoms with van der Waals surface area (Å²) in [6.07, 6.45) is 4.42. The number of rotatable bonds is 5. The first-order valence-electron chi connectivity index (χ1n) is 6.68. The van der Waals surface area contributed by atoms with Crippen molar-refractivity contribution in [3.05, 3.63) is 40.1 Å². The van der Waals surface area contributed by atoms with Gasteiger partial charge in [-0.25, -0.2) is 4.98 Å². The van der Waals surface area contributed by atoms with Crippen LogP contribution in [0.15, 0.2) is 28.9 Å². The molecule has 0 saturated carbocycles. The third-order valence-corrected chi connectivity index (χ3v) is 3.55. The van der Waals surface area contributed by atoms with Crippen molar-refractivity contribution in [2.24, 2.45) is 0 Å². The first kappa shape index (κ1) is 14.1. The first-order chi connectivity index (χ1) is 9.11. The van der Waals surface area contributed by atoms with Crippen molar-refractivity contribution in [3.8, 4) is 5.69 Å². The van der Waals surface area contributed by atoms with Crippen LogP contribution >= 0.6 is 15.9 Å². The monoisotopic (exact) mass is 321 g/mol. The molecule has 1 aromatic heterocycles. The molecule has 1 aromatic carbocycles. The maximum atomic E-state index is 4.56. The van der Waals surface area contributed by atoms with Crippen LogP contribution in [0.2, 0.25) is 0 Å². The number of aryl methyl sites for hydroxylation is 2. The Morgan fingerprint density at radius 1 is 1.32 bits per heavy atom. The molecular formula is C15H20BrN3. The fraction of sp³-hybridized carbons (Fsp3) is 0.400. The third kappa shape index (κ3) is 3.38. The fourth-order valence-electron chi connectivity index (χ4n) is 2.07. The summed E-state index contributed by atoms with van der Waals surface area (Å²) in [5.74, 6) is 0.927. The van der Waals surface area contributed by atoms with Crippen LogP contribution in [0.5, 0.6) is 0 Å². The Morgan fingerprint density at radius 3 is 2.79 bits per heavy atom. The number of nitrogens with zero attached hydrogens (tertiary/aromatic N) is 2. The van der Waals surface area contributed by atoms with Gasteiger partial charge >= 0.3 is 0 Å². The summed E-state index contributed by atoms with van der Waals surface area (Å²) in [5.41, 5.74) is 3.43. The van der Waals surface area contributed by atoms with E-state index in [1.807, 2.05) is 6.92 Å². The SMILES string of the molecule is CCCCNc1nc(C)cn1-c1ccc(Br)cc1C. The van der Waals surface area contributed by atoms with Crippen LogP contribution in [-0.2, 0) is 0 Å². The Kier molecular flexibility index (Phi) is 4.64. The van der Waals surface area contributed by atoms with Gasteiger partial charge in [-0.15, -0.1) is 0 Å². The van der Waals surface area contributed by atoms with Gasteiger partial charge in [0.25, 0.3) is 0 Å². The summed E-state index contributed by atoms with van der Waals surface area (Å²) < 4.78 is 3.23. The lowest BCUT2D eigenvalue weighted by Crippen LogP contribution is -2.08. The van der Waals surface area contributed by atoms with E-state index in [2.05, 4.69) is 69.0 Å². The molecule has 1 heterocycles. The Hall–Kier alpha value is -1.29. The van der Waals surface area contributed by atoms with Gasteiger partial charge in [-0.1, -0.05) is 29.3 Å². The van der Waals surface area contributed by atoms with E-state index in [9.17, 15) is 0 Å². The number of benzene rings is 1. The Bertz CT molecular complexity index is 561. The maximum Gasteiger partial charge on any atom is 0.207 e. The predicted molar refractivity (Wildman–Crippen MR) is 84.1 cm³/mol. The number of hydrogen-bond donors (Lipinski definition) is 1.